The molecule has 1 aromatic heterocycles. The molecule has 0 amide bonds. The first kappa shape index (κ1) is 14.0. The number of methoxy groups -OCH3 is 1. The number of hydrogen-bond acceptors (Lipinski definition) is 4. The van der Waals surface area contributed by atoms with Crippen molar-refractivity contribution in [2.45, 2.75) is 32.7 Å². The van der Waals surface area contributed by atoms with Gasteiger partial charge < -0.3 is 10.1 Å². The fourth-order valence-corrected chi connectivity index (χ4v) is 2.81. The number of hydrogen-bond donors (Lipinski definition) is 1. The topological polar surface area (TPSA) is 47.0 Å². The molecule has 3 rings (SSSR count). The van der Waals surface area contributed by atoms with Crippen LogP contribution in [0.5, 0.6) is 5.75 Å². The zero-order valence-corrected chi connectivity index (χ0v) is 12.6. The lowest BCUT2D eigenvalue weighted by molar-refractivity contribution is 0.414. The highest BCUT2D eigenvalue weighted by Gasteiger charge is 2.16. The van der Waals surface area contributed by atoms with Gasteiger partial charge >= 0.3 is 0 Å². The van der Waals surface area contributed by atoms with Gasteiger partial charge in [-0.2, -0.15) is 0 Å². The normalized spacial score (nSPS) is 13.8. The van der Waals surface area contributed by atoms with Crippen molar-refractivity contribution >= 4 is 0 Å². The van der Waals surface area contributed by atoms with E-state index in [0.29, 0.717) is 0 Å². The Labute approximate surface area is 125 Å². The van der Waals surface area contributed by atoms with Crippen molar-refractivity contribution in [3.63, 3.8) is 0 Å². The average Bonchev–Trinajstić information content (AvgIpc) is 2.54. The number of nitrogens with one attached hydrogen (secondary N) is 1. The second kappa shape index (κ2) is 6.22. The van der Waals surface area contributed by atoms with Crippen molar-refractivity contribution in [1.82, 2.24) is 15.3 Å². The van der Waals surface area contributed by atoms with Gasteiger partial charge in [0.15, 0.2) is 0 Å². The van der Waals surface area contributed by atoms with Crippen molar-refractivity contribution in [1.29, 1.82) is 0 Å². The van der Waals surface area contributed by atoms with Gasteiger partial charge in [0, 0.05) is 37.2 Å². The molecule has 1 N–H and O–H groups in total. The second-order valence-corrected chi connectivity index (χ2v) is 5.32. The minimum Gasteiger partial charge on any atom is -0.497 e. The van der Waals surface area contributed by atoms with E-state index in [1.807, 2.05) is 12.1 Å². The molecule has 0 aliphatic carbocycles. The van der Waals surface area contributed by atoms with E-state index in [1.165, 1.54) is 22.5 Å². The number of aryl methyl sites for hydroxylation is 1. The fraction of sp³-hybridized carbons (Fsp3) is 0.412. The molecule has 0 saturated carbocycles. The van der Waals surface area contributed by atoms with Gasteiger partial charge in [0.2, 0.25) is 0 Å². The zero-order chi connectivity index (χ0) is 14.7. The minimum absolute atomic E-state index is 0.755. The summed E-state index contributed by atoms with van der Waals surface area (Å²) in [6.45, 7) is 4.07. The van der Waals surface area contributed by atoms with E-state index >= 15 is 0 Å². The van der Waals surface area contributed by atoms with Gasteiger partial charge in [0.05, 0.1) is 12.8 Å². The van der Waals surface area contributed by atoms with Crippen LogP contribution in [0.3, 0.4) is 0 Å². The summed E-state index contributed by atoms with van der Waals surface area (Å²) in [5.74, 6) is 1.80. The third kappa shape index (κ3) is 3.05. The highest BCUT2D eigenvalue weighted by Crippen LogP contribution is 2.19. The summed E-state index contributed by atoms with van der Waals surface area (Å²) in [5, 5.41) is 3.40. The summed E-state index contributed by atoms with van der Waals surface area (Å²) in [4.78, 5) is 9.54. The Morgan fingerprint density at radius 1 is 1.29 bits per heavy atom. The largest absolute Gasteiger partial charge is 0.497 e. The van der Waals surface area contributed by atoms with E-state index < -0.39 is 0 Å². The minimum atomic E-state index is 0.755. The highest BCUT2D eigenvalue weighted by molar-refractivity contribution is 5.32. The van der Waals surface area contributed by atoms with Crippen LogP contribution in [0.25, 0.3) is 0 Å². The molecule has 0 bridgehead atoms. The lowest BCUT2D eigenvalue weighted by Crippen LogP contribution is -2.27. The van der Waals surface area contributed by atoms with Gasteiger partial charge in [0.1, 0.15) is 11.6 Å². The molecule has 0 unspecified atom stereocenters. The van der Waals surface area contributed by atoms with Gasteiger partial charge in [-0.1, -0.05) is 19.1 Å². The van der Waals surface area contributed by atoms with Crippen LogP contribution in [0.1, 0.15) is 35.3 Å². The maximum Gasteiger partial charge on any atom is 0.133 e. The number of benzene rings is 1. The molecule has 0 radical (unpaired) electrons. The van der Waals surface area contributed by atoms with Crippen LogP contribution in [0.15, 0.2) is 24.3 Å². The van der Waals surface area contributed by atoms with Crippen molar-refractivity contribution < 1.29 is 4.74 Å². The van der Waals surface area contributed by atoms with E-state index in [4.69, 9.17) is 14.7 Å². The number of ether oxygens (including phenoxy) is 1. The lowest BCUT2D eigenvalue weighted by Gasteiger charge is -2.19. The molecule has 0 fully saturated rings. The monoisotopic (exact) mass is 283 g/mol. The molecule has 1 aromatic carbocycles. The maximum atomic E-state index is 5.28. The first-order valence-electron chi connectivity index (χ1n) is 7.51. The molecule has 2 heterocycles. The van der Waals surface area contributed by atoms with Crippen molar-refractivity contribution in [3.05, 3.63) is 52.6 Å². The van der Waals surface area contributed by atoms with Gasteiger partial charge in [-0.15, -0.1) is 0 Å². The van der Waals surface area contributed by atoms with E-state index in [9.17, 15) is 0 Å². The van der Waals surface area contributed by atoms with Crippen LogP contribution in [0.2, 0.25) is 0 Å². The summed E-state index contributed by atoms with van der Waals surface area (Å²) in [7, 11) is 1.69. The average molecular weight is 283 g/mol. The van der Waals surface area contributed by atoms with Crippen molar-refractivity contribution in [3.8, 4) is 5.75 Å². The van der Waals surface area contributed by atoms with Crippen LogP contribution in [-0.2, 0) is 25.8 Å². The fourth-order valence-electron chi connectivity index (χ4n) is 2.81. The predicted molar refractivity (Wildman–Crippen MR) is 82.6 cm³/mol. The molecule has 0 saturated heterocycles. The smallest absolute Gasteiger partial charge is 0.133 e. The van der Waals surface area contributed by atoms with Gasteiger partial charge in [-0.25, -0.2) is 9.97 Å². The first-order chi connectivity index (χ1) is 10.3. The summed E-state index contributed by atoms with van der Waals surface area (Å²) in [6.07, 6.45) is 2.71. The summed E-state index contributed by atoms with van der Waals surface area (Å²) >= 11 is 0. The van der Waals surface area contributed by atoms with Crippen LogP contribution < -0.4 is 10.1 Å². The molecular weight excluding hydrogens is 262 g/mol. The lowest BCUT2D eigenvalue weighted by atomic mass is 10.0. The highest BCUT2D eigenvalue weighted by atomic mass is 16.5. The molecule has 4 nitrogen and oxygen atoms in total. The molecular formula is C17H21N3O. The molecule has 21 heavy (non-hydrogen) atoms. The summed E-state index contributed by atoms with van der Waals surface area (Å²) in [6, 6.07) is 8.12. The van der Waals surface area contributed by atoms with Gasteiger partial charge in [-0.3, -0.25) is 0 Å². The predicted octanol–water partition coefficient (Wildman–Crippen LogP) is 2.28. The maximum absolute atomic E-state index is 5.28. The Kier molecular flexibility index (Phi) is 4.15. The van der Waals surface area contributed by atoms with Crippen LogP contribution in [0, 0.1) is 0 Å². The second-order valence-electron chi connectivity index (χ2n) is 5.32. The molecule has 0 atom stereocenters. The quantitative estimate of drug-likeness (QED) is 0.935. The summed E-state index contributed by atoms with van der Waals surface area (Å²) < 4.78 is 5.28. The van der Waals surface area contributed by atoms with E-state index in [2.05, 4.69) is 24.4 Å². The molecule has 1 aliphatic rings. The number of nitrogens with zero attached hydrogens (tertiary/aromatic N) is 2. The molecule has 4 heteroatoms. The summed E-state index contributed by atoms with van der Waals surface area (Å²) in [5.41, 5.74) is 4.90. The standard InChI is InChI=1S/C17H21N3O/c1-3-15-14-11-18-8-7-16(14)20-17(19-15)10-12-5-4-6-13(9-12)21-2/h4-6,9,18H,3,7-8,10-11H2,1-2H3. The Morgan fingerprint density at radius 3 is 3.00 bits per heavy atom. The van der Waals surface area contributed by atoms with Crippen LogP contribution in [0.4, 0.5) is 0 Å². The SMILES string of the molecule is CCc1nc(Cc2cccc(OC)c2)nc2c1CNCC2. The van der Waals surface area contributed by atoms with E-state index in [0.717, 1.165) is 43.9 Å². The Morgan fingerprint density at radius 2 is 2.19 bits per heavy atom. The molecule has 1 aliphatic heterocycles. The van der Waals surface area contributed by atoms with Crippen LogP contribution in [-0.4, -0.2) is 23.6 Å². The van der Waals surface area contributed by atoms with Crippen molar-refractivity contribution in [2.75, 3.05) is 13.7 Å². The number of rotatable bonds is 4. The first-order valence-corrected chi connectivity index (χ1v) is 7.51. The third-order valence-electron chi connectivity index (χ3n) is 3.90. The van der Waals surface area contributed by atoms with E-state index in [-0.39, 0.29) is 0 Å². The Balaban J connectivity index is 1.91. The Bertz CT molecular complexity index is 623. The van der Waals surface area contributed by atoms with Gasteiger partial charge in [0.25, 0.3) is 0 Å². The van der Waals surface area contributed by atoms with Crippen LogP contribution >= 0.6 is 0 Å². The van der Waals surface area contributed by atoms with Crippen molar-refractivity contribution in [2.24, 2.45) is 0 Å². The van der Waals surface area contributed by atoms with Gasteiger partial charge in [-0.05, 0) is 24.1 Å². The third-order valence-corrected chi connectivity index (χ3v) is 3.90. The molecule has 110 valence electrons. The Hall–Kier alpha value is -1.94. The molecule has 0 spiro atoms. The zero-order valence-electron chi connectivity index (χ0n) is 12.6. The number of aromatic nitrogens is 2. The number of fused-ring (bicyclic) bond motifs is 1. The molecule has 2 aromatic rings. The van der Waals surface area contributed by atoms with E-state index in [1.54, 1.807) is 7.11 Å².